The molecule has 2 aliphatic heterocycles. The van der Waals surface area contributed by atoms with Crippen LogP contribution in [0, 0.1) is 6.57 Å². The minimum atomic E-state index is -0.702. The maximum absolute atomic E-state index is 12.8. The molecule has 0 bridgehead atoms. The zero-order valence-corrected chi connectivity index (χ0v) is 26.6. The van der Waals surface area contributed by atoms with Gasteiger partial charge in [0.05, 0.1) is 17.3 Å². The summed E-state index contributed by atoms with van der Waals surface area (Å²) in [6.45, 7) is 12.5. The van der Waals surface area contributed by atoms with Gasteiger partial charge >= 0.3 is 6.01 Å². The molecule has 6 rings (SSSR count). The minimum absolute atomic E-state index is 0.107. The molecule has 1 aliphatic carbocycles. The van der Waals surface area contributed by atoms with Crippen molar-refractivity contribution in [2.75, 3.05) is 62.8 Å². The molecule has 0 spiro atoms. The second-order valence-corrected chi connectivity index (χ2v) is 12.6. The summed E-state index contributed by atoms with van der Waals surface area (Å²) in [6.07, 6.45) is 5.53. The molecule has 2 aromatic carbocycles. The van der Waals surface area contributed by atoms with Crippen molar-refractivity contribution >= 4 is 39.8 Å². The number of aromatic nitrogens is 2. The number of ether oxygens (including phenoxy) is 1. The molecule has 1 amide bonds. The summed E-state index contributed by atoms with van der Waals surface area (Å²) < 4.78 is 19.1. The summed E-state index contributed by atoms with van der Waals surface area (Å²) in [5.41, 5.74) is 3.03. The van der Waals surface area contributed by atoms with Crippen LogP contribution in [0.15, 0.2) is 48.6 Å². The van der Waals surface area contributed by atoms with E-state index in [2.05, 4.69) is 50.9 Å². The van der Waals surface area contributed by atoms with Crippen molar-refractivity contribution in [2.45, 2.75) is 50.9 Å². The van der Waals surface area contributed by atoms with Crippen LogP contribution >= 0.6 is 11.6 Å². The summed E-state index contributed by atoms with van der Waals surface area (Å²) in [4.78, 5) is 34.9. The first-order chi connectivity index (χ1) is 21.9. The number of halogens is 2. The van der Waals surface area contributed by atoms with Gasteiger partial charge in [0, 0.05) is 61.5 Å². The van der Waals surface area contributed by atoms with Gasteiger partial charge in [-0.1, -0.05) is 35.9 Å². The molecule has 0 N–H and O–H groups in total. The van der Waals surface area contributed by atoms with Crippen molar-refractivity contribution < 1.29 is 13.9 Å². The van der Waals surface area contributed by atoms with Crippen molar-refractivity contribution in [1.29, 1.82) is 0 Å². The molecule has 2 atom stereocenters. The molecule has 9 nitrogen and oxygen atoms in total. The van der Waals surface area contributed by atoms with Gasteiger partial charge in [-0.15, -0.1) is 0 Å². The van der Waals surface area contributed by atoms with E-state index in [-0.39, 0.29) is 24.6 Å². The van der Waals surface area contributed by atoms with Crippen molar-refractivity contribution in [2.24, 2.45) is 0 Å². The van der Waals surface area contributed by atoms with Gasteiger partial charge in [-0.2, -0.15) is 9.97 Å². The SMILES string of the molecule is [C-]#[N+]C[C@H]1CN(c2nc(O[C@H](C)CN(C)C3CC3)nc3c2CCN(c2cccc4cccc(Cl)c24)C3)CCN1C(=O)/C=C/CF. The van der Waals surface area contributed by atoms with Crippen molar-refractivity contribution in [1.82, 2.24) is 19.8 Å². The molecule has 11 heteroatoms. The predicted octanol–water partition coefficient (Wildman–Crippen LogP) is 5.17. The van der Waals surface area contributed by atoms with Crippen LogP contribution in [-0.4, -0.2) is 96.9 Å². The Hall–Kier alpha value is -3.94. The first-order valence-electron chi connectivity index (χ1n) is 15.7. The van der Waals surface area contributed by atoms with Crippen LogP contribution in [0.5, 0.6) is 6.01 Å². The van der Waals surface area contributed by atoms with Gasteiger partial charge in [-0.25, -0.2) is 11.0 Å². The Kier molecular flexibility index (Phi) is 9.38. The fourth-order valence-corrected chi connectivity index (χ4v) is 6.85. The lowest BCUT2D eigenvalue weighted by atomic mass is 10.0. The molecular weight excluding hydrogens is 593 g/mol. The molecule has 2 fully saturated rings. The van der Waals surface area contributed by atoms with Crippen LogP contribution < -0.4 is 14.5 Å². The normalized spacial score (nSPS) is 19.2. The van der Waals surface area contributed by atoms with Crippen molar-refractivity contribution in [3.63, 3.8) is 0 Å². The monoisotopic (exact) mass is 631 g/mol. The fourth-order valence-electron chi connectivity index (χ4n) is 6.58. The number of allylic oxidation sites excluding steroid dienone is 1. The number of likely N-dealkylation sites (N-methyl/N-ethyl adjacent to an activating group) is 1. The highest BCUT2D eigenvalue weighted by atomic mass is 35.5. The maximum atomic E-state index is 12.8. The number of hydrogen-bond acceptors (Lipinski definition) is 7. The number of carbonyl (C=O) groups excluding carboxylic acids is 1. The van der Waals surface area contributed by atoms with E-state index in [4.69, 9.17) is 32.9 Å². The molecule has 3 heterocycles. The highest BCUT2D eigenvalue weighted by Gasteiger charge is 2.35. The number of piperazine rings is 1. The second-order valence-electron chi connectivity index (χ2n) is 12.2. The van der Waals surface area contributed by atoms with Crippen molar-refractivity contribution in [3.8, 4) is 6.01 Å². The zero-order chi connectivity index (χ0) is 31.5. The van der Waals surface area contributed by atoms with E-state index < -0.39 is 6.67 Å². The molecule has 45 heavy (non-hydrogen) atoms. The maximum Gasteiger partial charge on any atom is 0.318 e. The van der Waals surface area contributed by atoms with E-state index in [0.717, 1.165) is 58.1 Å². The third kappa shape index (κ3) is 6.85. The average Bonchev–Trinajstić information content (AvgIpc) is 3.89. The van der Waals surface area contributed by atoms with E-state index in [1.807, 2.05) is 19.1 Å². The van der Waals surface area contributed by atoms with Gasteiger partial charge in [-0.05, 0) is 56.8 Å². The highest BCUT2D eigenvalue weighted by Crippen LogP contribution is 2.37. The van der Waals surface area contributed by atoms with Gasteiger partial charge < -0.3 is 24.3 Å². The Balaban J connectivity index is 1.32. The largest absolute Gasteiger partial charge is 0.459 e. The number of carbonyl (C=O) groups is 1. The second kappa shape index (κ2) is 13.6. The Morgan fingerprint density at radius 3 is 2.76 bits per heavy atom. The third-order valence-electron chi connectivity index (χ3n) is 8.93. The van der Waals surface area contributed by atoms with Crippen LogP contribution in [0.2, 0.25) is 5.02 Å². The molecule has 1 saturated heterocycles. The molecule has 0 unspecified atom stereocenters. The number of rotatable bonds is 10. The van der Waals surface area contributed by atoms with Crippen LogP contribution in [0.3, 0.4) is 0 Å². The number of amides is 1. The van der Waals surface area contributed by atoms with E-state index in [1.165, 1.54) is 25.0 Å². The summed E-state index contributed by atoms with van der Waals surface area (Å²) in [6, 6.07) is 12.8. The van der Waals surface area contributed by atoms with E-state index in [0.29, 0.717) is 38.2 Å². The molecule has 3 aliphatic rings. The molecule has 3 aromatic rings. The summed E-state index contributed by atoms with van der Waals surface area (Å²) in [5, 5.41) is 2.83. The lowest BCUT2D eigenvalue weighted by molar-refractivity contribution is -0.128. The standard InChI is InChI=1S/C34H39ClFN7O2/c1-23(20-40(3)25-12-13-25)45-34-38-29-22-41(30-10-5-8-24-7-4-9-28(35)32(24)30)16-14-27(29)33(39-34)42-17-18-43(26(21-42)19-37-2)31(44)11-6-15-36/h4-11,23,25-26H,12-22H2,1,3H3/b11-6+/t23-,26+/m1/s1. The number of nitrogens with zero attached hydrogens (tertiary/aromatic N) is 7. The summed E-state index contributed by atoms with van der Waals surface area (Å²) in [7, 11) is 2.13. The third-order valence-corrected chi connectivity index (χ3v) is 9.25. The van der Waals surface area contributed by atoms with Crippen LogP contribution in [-0.2, 0) is 17.8 Å². The average molecular weight is 632 g/mol. The Bertz CT molecular complexity index is 1620. The molecule has 1 aromatic heterocycles. The van der Waals surface area contributed by atoms with Crippen LogP contribution in [0.4, 0.5) is 15.9 Å². The molecule has 236 valence electrons. The van der Waals surface area contributed by atoms with Gasteiger partial charge in [0.1, 0.15) is 24.6 Å². The quantitative estimate of drug-likeness (QED) is 0.226. The summed E-state index contributed by atoms with van der Waals surface area (Å²) >= 11 is 6.71. The Morgan fingerprint density at radius 1 is 1.20 bits per heavy atom. The van der Waals surface area contributed by atoms with Crippen molar-refractivity contribution in [3.05, 3.63) is 76.2 Å². The van der Waals surface area contributed by atoms with E-state index in [1.54, 1.807) is 4.90 Å². The molecular formula is C34H39ClFN7O2. The van der Waals surface area contributed by atoms with Gasteiger partial charge in [0.15, 0.2) is 0 Å². The summed E-state index contributed by atoms with van der Waals surface area (Å²) in [5.74, 6) is 0.530. The van der Waals surface area contributed by atoms with E-state index in [9.17, 15) is 9.18 Å². The first-order valence-corrected chi connectivity index (χ1v) is 16.0. The number of hydrogen-bond donors (Lipinski definition) is 0. The van der Waals surface area contributed by atoms with Crippen LogP contribution in [0.1, 0.15) is 31.0 Å². The van der Waals surface area contributed by atoms with Gasteiger partial charge in [0.25, 0.3) is 0 Å². The molecule has 0 radical (unpaired) electrons. The lowest BCUT2D eigenvalue weighted by Crippen LogP contribution is -2.56. The Morgan fingerprint density at radius 2 is 2.00 bits per heavy atom. The lowest BCUT2D eigenvalue weighted by Gasteiger charge is -2.41. The molecule has 1 saturated carbocycles. The smallest absolute Gasteiger partial charge is 0.318 e. The predicted molar refractivity (Wildman–Crippen MR) is 176 cm³/mol. The van der Waals surface area contributed by atoms with Crippen LogP contribution in [0.25, 0.3) is 15.6 Å². The zero-order valence-electron chi connectivity index (χ0n) is 25.8. The number of benzene rings is 2. The number of fused-ring (bicyclic) bond motifs is 2. The number of alkyl halides is 1. The minimum Gasteiger partial charge on any atom is -0.459 e. The van der Waals surface area contributed by atoms with E-state index >= 15 is 0 Å². The van der Waals surface area contributed by atoms with Gasteiger partial charge in [0.2, 0.25) is 12.5 Å². The van der Waals surface area contributed by atoms with Gasteiger partial charge in [-0.3, -0.25) is 9.69 Å². The first kappa shape index (κ1) is 31.1. The topological polar surface area (TPSA) is 69.4 Å². The fraction of sp³-hybridized carbons (Fsp3) is 0.471. The highest BCUT2D eigenvalue weighted by molar-refractivity contribution is 6.36. The Labute approximate surface area is 269 Å². The number of anilines is 2.